The summed E-state index contributed by atoms with van der Waals surface area (Å²) in [5.41, 5.74) is 1.78. The Morgan fingerprint density at radius 1 is 1.07 bits per heavy atom. The van der Waals surface area contributed by atoms with Crippen LogP contribution in [0.4, 0.5) is 5.82 Å². The number of nitrogens with zero attached hydrogens (tertiary/aromatic N) is 7. The summed E-state index contributed by atoms with van der Waals surface area (Å²) >= 11 is 0. The van der Waals surface area contributed by atoms with E-state index in [1.54, 1.807) is 12.5 Å². The maximum absolute atomic E-state index is 10.7. The summed E-state index contributed by atoms with van der Waals surface area (Å²) in [6, 6.07) is 9.99. The molecule has 0 amide bonds. The quantitative estimate of drug-likeness (QED) is 0.577. The third-order valence-electron chi connectivity index (χ3n) is 5.75. The monoisotopic (exact) mass is 389 g/mol. The summed E-state index contributed by atoms with van der Waals surface area (Å²) in [6.07, 6.45) is 8.27. The fraction of sp³-hybridized carbons (Fsp3) is 0.333. The number of hydrogen-bond donors (Lipinski definition) is 1. The zero-order valence-electron chi connectivity index (χ0n) is 16.3. The molecule has 1 saturated heterocycles. The van der Waals surface area contributed by atoms with E-state index in [1.807, 2.05) is 59.0 Å². The number of aromatic nitrogens is 6. The van der Waals surface area contributed by atoms with E-state index in [9.17, 15) is 5.11 Å². The summed E-state index contributed by atoms with van der Waals surface area (Å²) in [5, 5.41) is 16.2. The molecule has 4 heterocycles. The Morgan fingerprint density at radius 3 is 2.59 bits per heavy atom. The molecule has 3 aromatic heterocycles. The molecule has 5 rings (SSSR count). The van der Waals surface area contributed by atoms with Crippen molar-refractivity contribution in [3.05, 3.63) is 61.1 Å². The van der Waals surface area contributed by atoms with Crippen molar-refractivity contribution in [2.75, 3.05) is 18.0 Å². The molecule has 0 radical (unpaired) electrons. The highest BCUT2D eigenvalue weighted by atomic mass is 16.3. The molecule has 0 bridgehead atoms. The Kier molecular flexibility index (Phi) is 4.48. The number of piperidine rings is 1. The number of imidazole rings is 1. The van der Waals surface area contributed by atoms with Gasteiger partial charge in [-0.2, -0.15) is 5.10 Å². The summed E-state index contributed by atoms with van der Waals surface area (Å²) in [7, 11) is 1.92. The lowest BCUT2D eigenvalue weighted by Crippen LogP contribution is -2.36. The number of aryl methyl sites for hydroxylation is 1. The second-order valence-electron chi connectivity index (χ2n) is 7.49. The fourth-order valence-electron chi connectivity index (χ4n) is 4.14. The van der Waals surface area contributed by atoms with Crippen LogP contribution in [0, 0.1) is 5.92 Å². The number of hydrogen-bond acceptors (Lipinski definition) is 6. The first-order chi connectivity index (χ1) is 14.2. The van der Waals surface area contributed by atoms with Crippen molar-refractivity contribution >= 4 is 16.9 Å². The van der Waals surface area contributed by atoms with E-state index in [-0.39, 0.29) is 5.92 Å². The Morgan fingerprint density at radius 2 is 1.86 bits per heavy atom. The SMILES string of the molecule is Cn1ccnc1C(O)C1CCN(c2ncnc3c2cnn3-c2ccccc2)CC1. The van der Waals surface area contributed by atoms with Crippen LogP contribution in [0.2, 0.25) is 0 Å². The van der Waals surface area contributed by atoms with Gasteiger partial charge in [0, 0.05) is 32.5 Å². The highest BCUT2D eigenvalue weighted by Crippen LogP contribution is 2.33. The van der Waals surface area contributed by atoms with Crippen molar-refractivity contribution in [3.8, 4) is 5.69 Å². The molecule has 148 valence electrons. The van der Waals surface area contributed by atoms with Gasteiger partial charge in [-0.1, -0.05) is 18.2 Å². The lowest BCUT2D eigenvalue weighted by atomic mass is 9.90. The van der Waals surface area contributed by atoms with Gasteiger partial charge in [0.2, 0.25) is 0 Å². The first-order valence-electron chi connectivity index (χ1n) is 9.87. The molecule has 1 aliphatic heterocycles. The number of rotatable bonds is 4. The standard InChI is InChI=1S/C21H23N7O/c1-26-12-9-22-21(26)18(29)15-7-10-27(11-8-15)19-17-13-25-28(20(17)24-14-23-19)16-5-3-2-4-6-16/h2-6,9,12-15,18,29H,7-8,10-11H2,1H3. The van der Waals surface area contributed by atoms with E-state index in [4.69, 9.17) is 0 Å². The molecule has 1 atom stereocenters. The molecular formula is C21H23N7O. The molecule has 8 nitrogen and oxygen atoms in total. The maximum Gasteiger partial charge on any atom is 0.168 e. The Bertz CT molecular complexity index is 1110. The first kappa shape index (κ1) is 17.8. The molecule has 1 fully saturated rings. The largest absolute Gasteiger partial charge is 0.385 e. The third kappa shape index (κ3) is 3.15. The first-order valence-corrected chi connectivity index (χ1v) is 9.87. The highest BCUT2D eigenvalue weighted by molar-refractivity contribution is 5.87. The van der Waals surface area contributed by atoms with E-state index >= 15 is 0 Å². The van der Waals surface area contributed by atoms with Crippen LogP contribution in [0.25, 0.3) is 16.7 Å². The van der Waals surface area contributed by atoms with Gasteiger partial charge in [-0.15, -0.1) is 0 Å². The summed E-state index contributed by atoms with van der Waals surface area (Å²) in [4.78, 5) is 15.6. The van der Waals surface area contributed by atoms with Crippen LogP contribution in [0.5, 0.6) is 0 Å². The number of aliphatic hydroxyl groups is 1. The molecular weight excluding hydrogens is 366 g/mol. The Balaban J connectivity index is 1.37. The number of anilines is 1. The Labute approximate surface area is 168 Å². The van der Waals surface area contributed by atoms with Gasteiger partial charge in [-0.25, -0.2) is 19.6 Å². The topological polar surface area (TPSA) is 84.9 Å². The zero-order valence-corrected chi connectivity index (χ0v) is 16.3. The molecule has 8 heteroatoms. The molecule has 29 heavy (non-hydrogen) atoms. The van der Waals surface area contributed by atoms with Crippen LogP contribution >= 0.6 is 0 Å². The van der Waals surface area contributed by atoms with Crippen molar-refractivity contribution in [2.45, 2.75) is 18.9 Å². The van der Waals surface area contributed by atoms with Crippen molar-refractivity contribution in [2.24, 2.45) is 13.0 Å². The van der Waals surface area contributed by atoms with E-state index in [0.29, 0.717) is 0 Å². The molecule has 1 aliphatic rings. The predicted octanol–water partition coefficient (Wildman–Crippen LogP) is 2.50. The molecule has 4 aromatic rings. The van der Waals surface area contributed by atoms with E-state index < -0.39 is 6.10 Å². The lowest BCUT2D eigenvalue weighted by Gasteiger charge is -2.34. The highest BCUT2D eigenvalue weighted by Gasteiger charge is 2.29. The second kappa shape index (κ2) is 7.29. The minimum absolute atomic E-state index is 0.191. The molecule has 1 N–H and O–H groups in total. The average Bonchev–Trinajstić information content (AvgIpc) is 3.40. The third-order valence-corrected chi connectivity index (χ3v) is 5.75. The van der Waals surface area contributed by atoms with Crippen molar-refractivity contribution in [1.29, 1.82) is 0 Å². The number of fused-ring (bicyclic) bond motifs is 1. The lowest BCUT2D eigenvalue weighted by molar-refractivity contribution is 0.0824. The summed E-state index contributed by atoms with van der Waals surface area (Å²) in [6.45, 7) is 1.66. The molecule has 1 aromatic carbocycles. The van der Waals surface area contributed by atoms with Crippen molar-refractivity contribution in [1.82, 2.24) is 29.3 Å². The van der Waals surface area contributed by atoms with Gasteiger partial charge in [-0.05, 0) is 30.9 Å². The minimum atomic E-state index is -0.539. The van der Waals surface area contributed by atoms with Crippen LogP contribution in [0.1, 0.15) is 24.8 Å². The number of aliphatic hydroxyl groups excluding tert-OH is 1. The van der Waals surface area contributed by atoms with Crippen LogP contribution in [0.15, 0.2) is 55.2 Å². The summed E-state index contributed by atoms with van der Waals surface area (Å²) < 4.78 is 3.74. The number of para-hydroxylation sites is 1. The van der Waals surface area contributed by atoms with Gasteiger partial charge in [0.25, 0.3) is 0 Å². The van der Waals surface area contributed by atoms with Gasteiger partial charge in [0.1, 0.15) is 24.1 Å². The molecule has 1 unspecified atom stereocenters. The Hall–Kier alpha value is -3.26. The van der Waals surface area contributed by atoms with Crippen LogP contribution in [0.3, 0.4) is 0 Å². The van der Waals surface area contributed by atoms with E-state index in [2.05, 4.69) is 25.0 Å². The van der Waals surface area contributed by atoms with E-state index in [0.717, 1.165) is 54.3 Å². The molecule has 0 aliphatic carbocycles. The summed E-state index contributed by atoms with van der Waals surface area (Å²) in [5.74, 6) is 1.83. The van der Waals surface area contributed by atoms with Crippen LogP contribution in [-0.4, -0.2) is 47.5 Å². The second-order valence-corrected chi connectivity index (χ2v) is 7.49. The molecule has 0 saturated carbocycles. The van der Waals surface area contributed by atoms with Crippen molar-refractivity contribution in [3.63, 3.8) is 0 Å². The van der Waals surface area contributed by atoms with Crippen LogP contribution < -0.4 is 4.90 Å². The van der Waals surface area contributed by atoms with Gasteiger partial charge in [-0.3, -0.25) is 0 Å². The fourth-order valence-corrected chi connectivity index (χ4v) is 4.14. The smallest absolute Gasteiger partial charge is 0.168 e. The zero-order chi connectivity index (χ0) is 19.8. The van der Waals surface area contributed by atoms with Gasteiger partial charge in [0.05, 0.1) is 17.3 Å². The molecule has 0 spiro atoms. The van der Waals surface area contributed by atoms with E-state index in [1.165, 1.54) is 0 Å². The number of benzene rings is 1. The van der Waals surface area contributed by atoms with Crippen LogP contribution in [-0.2, 0) is 7.05 Å². The predicted molar refractivity (Wildman–Crippen MR) is 110 cm³/mol. The minimum Gasteiger partial charge on any atom is -0.385 e. The van der Waals surface area contributed by atoms with Crippen molar-refractivity contribution < 1.29 is 5.11 Å². The normalized spacial score (nSPS) is 16.4. The van der Waals surface area contributed by atoms with Gasteiger partial charge >= 0.3 is 0 Å². The maximum atomic E-state index is 10.7. The van der Waals surface area contributed by atoms with Gasteiger partial charge in [0.15, 0.2) is 5.65 Å². The average molecular weight is 389 g/mol. The van der Waals surface area contributed by atoms with Gasteiger partial charge < -0.3 is 14.6 Å².